The number of nitro groups is 1. The third-order valence-corrected chi connectivity index (χ3v) is 5.87. The number of nitrogens with zero attached hydrogens (tertiary/aromatic N) is 1. The Morgan fingerprint density at radius 1 is 1.25 bits per heavy atom. The molecule has 2 fully saturated rings. The van der Waals surface area contributed by atoms with Gasteiger partial charge in [-0.2, -0.15) is 0 Å². The van der Waals surface area contributed by atoms with Gasteiger partial charge >= 0.3 is 0 Å². The molecule has 108 valence electrons. The van der Waals surface area contributed by atoms with Gasteiger partial charge in [-0.05, 0) is 37.2 Å². The predicted octanol–water partition coefficient (Wildman–Crippen LogP) is 2.06. The molecule has 2 aliphatic carbocycles. The van der Waals surface area contributed by atoms with Gasteiger partial charge < -0.3 is 0 Å². The molecule has 2 bridgehead atoms. The highest BCUT2D eigenvalue weighted by molar-refractivity contribution is 7.89. The van der Waals surface area contributed by atoms with E-state index in [1.165, 1.54) is 24.6 Å². The standard InChI is InChI=1S/C13H16N2O4S/c16-15(17)11-2-1-3-12(8-11)20(18,19)14-13-7-9-4-5-10(13)6-9/h1-3,8-10,13-14H,4-7H2/t9-,10-,13-/m0/s1. The zero-order valence-corrected chi connectivity index (χ0v) is 11.7. The molecule has 1 aromatic rings. The molecule has 0 spiro atoms. The second kappa shape index (κ2) is 4.82. The van der Waals surface area contributed by atoms with Crippen molar-refractivity contribution in [3.05, 3.63) is 34.4 Å². The number of benzene rings is 1. The lowest BCUT2D eigenvalue weighted by Gasteiger charge is -2.22. The van der Waals surface area contributed by atoms with Crippen LogP contribution in [-0.2, 0) is 10.0 Å². The summed E-state index contributed by atoms with van der Waals surface area (Å²) < 4.78 is 27.3. The van der Waals surface area contributed by atoms with Gasteiger partial charge in [0.25, 0.3) is 5.69 Å². The van der Waals surface area contributed by atoms with Gasteiger partial charge in [-0.15, -0.1) is 0 Å². The summed E-state index contributed by atoms with van der Waals surface area (Å²) in [6.07, 6.45) is 4.26. The molecule has 1 N–H and O–H groups in total. The maximum Gasteiger partial charge on any atom is 0.270 e. The fourth-order valence-electron chi connectivity index (χ4n) is 3.42. The molecular formula is C13H16N2O4S. The summed E-state index contributed by atoms with van der Waals surface area (Å²) >= 11 is 0. The zero-order valence-electron chi connectivity index (χ0n) is 10.9. The van der Waals surface area contributed by atoms with Crippen LogP contribution in [0.25, 0.3) is 0 Å². The van der Waals surface area contributed by atoms with Crippen LogP contribution in [0.1, 0.15) is 25.7 Å². The summed E-state index contributed by atoms with van der Waals surface area (Å²) in [5.41, 5.74) is -0.208. The number of sulfonamides is 1. The number of rotatable bonds is 4. The lowest BCUT2D eigenvalue weighted by molar-refractivity contribution is -0.385. The van der Waals surface area contributed by atoms with E-state index in [4.69, 9.17) is 0 Å². The summed E-state index contributed by atoms with van der Waals surface area (Å²) in [5, 5.41) is 10.7. The molecule has 0 radical (unpaired) electrons. The average Bonchev–Trinajstić information content (AvgIpc) is 3.00. The maximum atomic E-state index is 12.3. The Hall–Kier alpha value is -1.47. The van der Waals surface area contributed by atoms with Gasteiger partial charge in [0, 0.05) is 18.2 Å². The van der Waals surface area contributed by atoms with Crippen molar-refractivity contribution in [2.45, 2.75) is 36.6 Å². The van der Waals surface area contributed by atoms with Crippen molar-refractivity contribution in [1.29, 1.82) is 0 Å². The van der Waals surface area contributed by atoms with Crippen molar-refractivity contribution in [3.8, 4) is 0 Å². The number of hydrogen-bond donors (Lipinski definition) is 1. The number of nitro benzene ring substituents is 1. The summed E-state index contributed by atoms with van der Waals surface area (Å²) in [7, 11) is -3.68. The fraction of sp³-hybridized carbons (Fsp3) is 0.538. The lowest BCUT2D eigenvalue weighted by atomic mass is 9.96. The number of hydrogen-bond acceptors (Lipinski definition) is 4. The summed E-state index contributed by atoms with van der Waals surface area (Å²) in [4.78, 5) is 10.1. The minimum atomic E-state index is -3.68. The topological polar surface area (TPSA) is 89.3 Å². The molecule has 7 heteroatoms. The third kappa shape index (κ3) is 2.43. The maximum absolute atomic E-state index is 12.3. The van der Waals surface area contributed by atoms with Gasteiger partial charge in [0.1, 0.15) is 0 Å². The van der Waals surface area contributed by atoms with Crippen molar-refractivity contribution in [1.82, 2.24) is 4.72 Å². The van der Waals surface area contributed by atoms with E-state index in [1.54, 1.807) is 0 Å². The summed E-state index contributed by atoms with van der Waals surface area (Å²) in [5.74, 6) is 1.06. The molecule has 0 heterocycles. The Balaban J connectivity index is 1.81. The molecule has 0 aromatic heterocycles. The van der Waals surface area contributed by atoms with Crippen LogP contribution in [0.2, 0.25) is 0 Å². The van der Waals surface area contributed by atoms with Gasteiger partial charge in [-0.25, -0.2) is 13.1 Å². The smallest absolute Gasteiger partial charge is 0.258 e. The Morgan fingerprint density at radius 2 is 2.05 bits per heavy atom. The van der Waals surface area contributed by atoms with Crippen LogP contribution in [0.15, 0.2) is 29.2 Å². The van der Waals surface area contributed by atoms with Crippen LogP contribution >= 0.6 is 0 Å². The van der Waals surface area contributed by atoms with E-state index in [0.717, 1.165) is 25.3 Å². The number of fused-ring (bicyclic) bond motifs is 2. The lowest BCUT2D eigenvalue weighted by Crippen LogP contribution is -2.38. The SMILES string of the molecule is O=[N+]([O-])c1cccc(S(=O)(=O)N[C@H]2C[C@H]3CC[C@H]2C3)c1. The fourth-order valence-corrected chi connectivity index (χ4v) is 4.78. The highest BCUT2D eigenvalue weighted by Gasteiger charge is 2.41. The largest absolute Gasteiger partial charge is 0.270 e. The molecule has 0 saturated heterocycles. The van der Waals surface area contributed by atoms with Crippen molar-refractivity contribution < 1.29 is 13.3 Å². The monoisotopic (exact) mass is 296 g/mol. The first kappa shape index (κ1) is 13.5. The van der Waals surface area contributed by atoms with Gasteiger partial charge in [-0.3, -0.25) is 10.1 Å². The van der Waals surface area contributed by atoms with Crippen LogP contribution in [0.4, 0.5) is 5.69 Å². The molecule has 6 nitrogen and oxygen atoms in total. The average molecular weight is 296 g/mol. The van der Waals surface area contributed by atoms with E-state index in [0.29, 0.717) is 11.8 Å². The van der Waals surface area contributed by atoms with Crippen molar-refractivity contribution in [2.75, 3.05) is 0 Å². The molecule has 1 aromatic carbocycles. The Kier molecular flexibility index (Phi) is 3.25. The number of non-ortho nitro benzene ring substituents is 1. The molecule has 20 heavy (non-hydrogen) atoms. The Morgan fingerprint density at radius 3 is 2.65 bits per heavy atom. The van der Waals surface area contributed by atoms with Crippen molar-refractivity contribution in [3.63, 3.8) is 0 Å². The zero-order chi connectivity index (χ0) is 14.3. The molecular weight excluding hydrogens is 280 g/mol. The van der Waals surface area contributed by atoms with Crippen LogP contribution in [-0.4, -0.2) is 19.4 Å². The molecule has 2 saturated carbocycles. The summed E-state index contributed by atoms with van der Waals surface area (Å²) in [6.45, 7) is 0. The molecule has 0 unspecified atom stereocenters. The first-order chi connectivity index (χ1) is 9.45. The van der Waals surface area contributed by atoms with E-state index in [-0.39, 0.29) is 16.6 Å². The molecule has 0 aliphatic heterocycles. The Bertz CT molecular complexity index is 644. The van der Waals surface area contributed by atoms with Crippen LogP contribution < -0.4 is 4.72 Å². The van der Waals surface area contributed by atoms with Gasteiger partial charge in [0.05, 0.1) is 9.82 Å². The van der Waals surface area contributed by atoms with Gasteiger partial charge in [-0.1, -0.05) is 12.5 Å². The molecule has 2 aliphatic rings. The van der Waals surface area contributed by atoms with Crippen LogP contribution in [0.3, 0.4) is 0 Å². The van der Waals surface area contributed by atoms with E-state index in [2.05, 4.69) is 4.72 Å². The van der Waals surface area contributed by atoms with E-state index in [9.17, 15) is 18.5 Å². The van der Waals surface area contributed by atoms with Crippen LogP contribution in [0, 0.1) is 22.0 Å². The highest BCUT2D eigenvalue weighted by atomic mass is 32.2. The van der Waals surface area contributed by atoms with E-state index < -0.39 is 14.9 Å². The minimum absolute atomic E-state index is 0.0157. The van der Waals surface area contributed by atoms with Crippen molar-refractivity contribution >= 4 is 15.7 Å². The molecule has 3 atom stereocenters. The molecule has 3 rings (SSSR count). The van der Waals surface area contributed by atoms with E-state index in [1.807, 2.05) is 0 Å². The van der Waals surface area contributed by atoms with E-state index >= 15 is 0 Å². The second-order valence-corrected chi connectivity index (χ2v) is 7.37. The molecule has 0 amide bonds. The first-order valence-corrected chi connectivity index (χ1v) is 8.21. The Labute approximate surface area is 117 Å². The second-order valence-electron chi connectivity index (χ2n) is 5.66. The quantitative estimate of drug-likeness (QED) is 0.680. The number of nitrogens with one attached hydrogen (secondary N) is 1. The van der Waals surface area contributed by atoms with Crippen LogP contribution in [0.5, 0.6) is 0 Å². The minimum Gasteiger partial charge on any atom is -0.258 e. The van der Waals surface area contributed by atoms with Gasteiger partial charge in [0.15, 0.2) is 0 Å². The van der Waals surface area contributed by atoms with Gasteiger partial charge in [0.2, 0.25) is 10.0 Å². The summed E-state index contributed by atoms with van der Waals surface area (Å²) in [6, 6.07) is 5.17. The predicted molar refractivity (Wildman–Crippen MR) is 72.7 cm³/mol. The highest BCUT2D eigenvalue weighted by Crippen LogP contribution is 2.44. The first-order valence-electron chi connectivity index (χ1n) is 6.72. The normalized spacial score (nSPS) is 28.7. The van der Waals surface area contributed by atoms with Crippen molar-refractivity contribution in [2.24, 2.45) is 11.8 Å². The third-order valence-electron chi connectivity index (χ3n) is 4.38.